The number of hydrogen-bond acceptors (Lipinski definition) is 8. The van der Waals surface area contributed by atoms with E-state index < -0.39 is 6.09 Å². The number of alkyl carbamates (subject to hydrolysis) is 1. The quantitative estimate of drug-likeness (QED) is 0.415. The molecule has 1 amide bonds. The van der Waals surface area contributed by atoms with Crippen LogP contribution in [0.4, 0.5) is 4.79 Å². The number of carbonyl (C=O) groups is 1. The van der Waals surface area contributed by atoms with Gasteiger partial charge in [-0.3, -0.25) is 4.98 Å². The fourth-order valence-electron chi connectivity index (χ4n) is 2.58. The van der Waals surface area contributed by atoms with E-state index in [4.69, 9.17) is 9.57 Å². The number of nitrogens with zero attached hydrogens (tertiary/aromatic N) is 6. The number of aromatic nitrogens is 5. The Morgan fingerprint density at radius 2 is 1.90 bits per heavy atom. The zero-order valence-corrected chi connectivity index (χ0v) is 17.7. The first-order chi connectivity index (χ1) is 15.0. The molecule has 0 saturated carbocycles. The number of aryl methyl sites for hydroxylation is 1. The second-order valence-electron chi connectivity index (χ2n) is 7.17. The lowest BCUT2D eigenvalue weighted by molar-refractivity contribution is 0.127. The van der Waals surface area contributed by atoms with Crippen molar-refractivity contribution in [3.8, 4) is 0 Å². The zero-order valence-electron chi connectivity index (χ0n) is 17.7. The van der Waals surface area contributed by atoms with Crippen LogP contribution in [0.1, 0.15) is 36.6 Å². The Balaban J connectivity index is 1.63. The van der Waals surface area contributed by atoms with E-state index in [2.05, 4.69) is 31.0 Å². The Bertz CT molecular complexity index is 1020. The lowest BCUT2D eigenvalue weighted by Crippen LogP contribution is -2.25. The van der Waals surface area contributed by atoms with Crippen molar-refractivity contribution in [1.82, 2.24) is 30.5 Å². The number of benzene rings is 1. The van der Waals surface area contributed by atoms with E-state index in [-0.39, 0.29) is 19.1 Å². The van der Waals surface area contributed by atoms with E-state index >= 15 is 0 Å². The standard InChI is InChI=1S/C21H25N7O3/c1-15(2)13-30-21(29)22-12-17-10-7-11-18(23-17)14-31-25-19(16-8-5-4-6-9-16)20-24-26-27-28(20)3/h4-11,15H,12-14H2,1-3H3,(H,22,29). The molecule has 0 atom stereocenters. The van der Waals surface area contributed by atoms with Gasteiger partial charge in [0.2, 0.25) is 5.82 Å². The minimum atomic E-state index is -0.466. The number of amides is 1. The fourth-order valence-corrected chi connectivity index (χ4v) is 2.58. The van der Waals surface area contributed by atoms with Crippen LogP contribution in [0, 0.1) is 5.92 Å². The number of ether oxygens (including phenoxy) is 1. The number of hydrogen-bond donors (Lipinski definition) is 1. The highest BCUT2D eigenvalue weighted by Crippen LogP contribution is 2.09. The maximum absolute atomic E-state index is 11.7. The molecule has 0 aliphatic rings. The summed E-state index contributed by atoms with van der Waals surface area (Å²) in [5.74, 6) is 0.764. The molecule has 3 rings (SSSR count). The third-order valence-electron chi connectivity index (χ3n) is 4.07. The van der Waals surface area contributed by atoms with Gasteiger partial charge in [-0.15, -0.1) is 5.10 Å². The van der Waals surface area contributed by atoms with Gasteiger partial charge in [0.05, 0.1) is 24.5 Å². The van der Waals surface area contributed by atoms with E-state index in [0.29, 0.717) is 29.5 Å². The van der Waals surface area contributed by atoms with Crippen LogP contribution in [-0.4, -0.2) is 43.6 Å². The molecule has 0 spiro atoms. The molecule has 31 heavy (non-hydrogen) atoms. The van der Waals surface area contributed by atoms with Crippen molar-refractivity contribution in [3.05, 3.63) is 71.3 Å². The predicted molar refractivity (Wildman–Crippen MR) is 113 cm³/mol. The molecule has 1 N–H and O–H groups in total. The second-order valence-corrected chi connectivity index (χ2v) is 7.17. The van der Waals surface area contributed by atoms with Gasteiger partial charge < -0.3 is 14.9 Å². The van der Waals surface area contributed by atoms with Crippen LogP contribution in [0.5, 0.6) is 0 Å². The van der Waals surface area contributed by atoms with Crippen molar-refractivity contribution < 1.29 is 14.4 Å². The molecule has 0 radical (unpaired) electrons. The molecule has 0 saturated heterocycles. The van der Waals surface area contributed by atoms with Crippen molar-refractivity contribution in [2.24, 2.45) is 18.1 Å². The van der Waals surface area contributed by atoms with Gasteiger partial charge >= 0.3 is 6.09 Å². The number of rotatable bonds is 9. The van der Waals surface area contributed by atoms with Gasteiger partial charge in [-0.2, -0.15) is 0 Å². The average Bonchev–Trinajstić information content (AvgIpc) is 3.20. The van der Waals surface area contributed by atoms with Crippen LogP contribution in [-0.2, 0) is 29.8 Å². The number of oxime groups is 1. The SMILES string of the molecule is CC(C)COC(=O)NCc1cccc(CON=C(c2ccccc2)c2nnnn2C)n1. The summed E-state index contributed by atoms with van der Waals surface area (Å²) in [4.78, 5) is 21.8. The molecule has 0 unspecified atom stereocenters. The van der Waals surface area contributed by atoms with Crippen LogP contribution in [0.2, 0.25) is 0 Å². The highest BCUT2D eigenvalue weighted by atomic mass is 16.6. The van der Waals surface area contributed by atoms with Gasteiger partial charge in [-0.25, -0.2) is 9.48 Å². The summed E-state index contributed by atoms with van der Waals surface area (Å²) in [6.07, 6.45) is -0.466. The van der Waals surface area contributed by atoms with Crippen LogP contribution < -0.4 is 5.32 Å². The van der Waals surface area contributed by atoms with Gasteiger partial charge in [0.1, 0.15) is 0 Å². The molecule has 0 aliphatic heterocycles. The monoisotopic (exact) mass is 423 g/mol. The Hall–Kier alpha value is -3.82. The van der Waals surface area contributed by atoms with Gasteiger partial charge in [0, 0.05) is 12.6 Å². The van der Waals surface area contributed by atoms with E-state index in [1.165, 1.54) is 4.68 Å². The number of carbonyl (C=O) groups excluding carboxylic acids is 1. The lowest BCUT2D eigenvalue weighted by atomic mass is 10.1. The Morgan fingerprint density at radius 1 is 1.13 bits per heavy atom. The molecule has 3 aromatic rings. The molecule has 0 aliphatic carbocycles. The molecule has 0 bridgehead atoms. The normalized spacial score (nSPS) is 11.4. The minimum absolute atomic E-state index is 0.146. The highest BCUT2D eigenvalue weighted by molar-refractivity contribution is 6.10. The third kappa shape index (κ3) is 6.59. The largest absolute Gasteiger partial charge is 0.449 e. The summed E-state index contributed by atoms with van der Waals surface area (Å²) >= 11 is 0. The molecular formula is C21H25N7O3. The summed E-state index contributed by atoms with van der Waals surface area (Å²) in [5, 5.41) is 18.5. The first kappa shape index (κ1) is 21.9. The average molecular weight is 423 g/mol. The summed E-state index contributed by atoms with van der Waals surface area (Å²) in [7, 11) is 1.73. The van der Waals surface area contributed by atoms with Gasteiger partial charge in [-0.1, -0.05) is 55.4 Å². The molecular weight excluding hydrogens is 398 g/mol. The van der Waals surface area contributed by atoms with Crippen molar-refractivity contribution >= 4 is 11.8 Å². The molecule has 1 aromatic carbocycles. The first-order valence-corrected chi connectivity index (χ1v) is 9.86. The topological polar surface area (TPSA) is 116 Å². The van der Waals surface area contributed by atoms with Crippen molar-refractivity contribution in [1.29, 1.82) is 0 Å². The van der Waals surface area contributed by atoms with Crippen LogP contribution >= 0.6 is 0 Å². The van der Waals surface area contributed by atoms with E-state index in [9.17, 15) is 4.79 Å². The maximum Gasteiger partial charge on any atom is 0.407 e. The Morgan fingerprint density at radius 3 is 2.61 bits per heavy atom. The number of nitrogens with one attached hydrogen (secondary N) is 1. The summed E-state index contributed by atoms with van der Waals surface area (Å²) < 4.78 is 6.62. The van der Waals surface area contributed by atoms with E-state index in [0.717, 1.165) is 5.56 Å². The Kier molecular flexibility index (Phi) is 7.63. The van der Waals surface area contributed by atoms with E-state index in [1.54, 1.807) is 7.05 Å². The van der Waals surface area contributed by atoms with Gasteiger partial charge in [0.15, 0.2) is 12.3 Å². The maximum atomic E-state index is 11.7. The first-order valence-electron chi connectivity index (χ1n) is 9.86. The van der Waals surface area contributed by atoms with Crippen LogP contribution in [0.3, 0.4) is 0 Å². The smallest absolute Gasteiger partial charge is 0.407 e. The number of tetrazole rings is 1. The molecule has 2 aromatic heterocycles. The summed E-state index contributed by atoms with van der Waals surface area (Å²) in [6, 6.07) is 15.0. The fraction of sp³-hybridized carbons (Fsp3) is 0.333. The molecule has 0 fully saturated rings. The summed E-state index contributed by atoms with van der Waals surface area (Å²) in [5.41, 5.74) is 2.69. The summed E-state index contributed by atoms with van der Waals surface area (Å²) in [6.45, 7) is 4.73. The predicted octanol–water partition coefficient (Wildman–Crippen LogP) is 2.46. The lowest BCUT2D eigenvalue weighted by Gasteiger charge is -2.09. The minimum Gasteiger partial charge on any atom is -0.449 e. The van der Waals surface area contributed by atoms with Gasteiger partial charge in [-0.05, 0) is 28.5 Å². The van der Waals surface area contributed by atoms with Crippen LogP contribution in [0.25, 0.3) is 0 Å². The Labute approximate surface area is 180 Å². The van der Waals surface area contributed by atoms with Crippen molar-refractivity contribution in [2.75, 3.05) is 6.61 Å². The van der Waals surface area contributed by atoms with Crippen LogP contribution in [0.15, 0.2) is 53.7 Å². The highest BCUT2D eigenvalue weighted by Gasteiger charge is 2.14. The molecule has 162 valence electrons. The third-order valence-corrected chi connectivity index (χ3v) is 4.07. The van der Waals surface area contributed by atoms with Crippen molar-refractivity contribution in [3.63, 3.8) is 0 Å². The second kappa shape index (κ2) is 10.8. The zero-order chi connectivity index (χ0) is 22.1. The van der Waals surface area contributed by atoms with E-state index in [1.807, 2.05) is 62.4 Å². The van der Waals surface area contributed by atoms with Crippen molar-refractivity contribution in [2.45, 2.75) is 27.0 Å². The number of pyridine rings is 1. The van der Waals surface area contributed by atoms with Gasteiger partial charge in [0.25, 0.3) is 0 Å². The molecule has 10 heteroatoms. The molecule has 10 nitrogen and oxygen atoms in total. The molecule has 2 heterocycles.